The first-order valence-corrected chi connectivity index (χ1v) is 9.03. The van der Waals surface area contributed by atoms with E-state index in [1.807, 2.05) is 47.3 Å². The summed E-state index contributed by atoms with van der Waals surface area (Å²) in [5.41, 5.74) is 2.35. The molecule has 0 bridgehead atoms. The third kappa shape index (κ3) is 3.32. The fraction of sp³-hybridized carbons (Fsp3) is 0.350. The van der Waals surface area contributed by atoms with E-state index < -0.39 is 0 Å². The molecule has 3 aromatic rings. The smallest absolute Gasteiger partial charge is 0.295 e. The number of fused-ring (bicyclic) bond motifs is 1. The van der Waals surface area contributed by atoms with E-state index >= 15 is 0 Å². The van der Waals surface area contributed by atoms with Gasteiger partial charge in [0.2, 0.25) is 5.69 Å². The summed E-state index contributed by atoms with van der Waals surface area (Å²) < 4.78 is 7.80. The highest BCUT2D eigenvalue weighted by molar-refractivity contribution is 5.98. The molecule has 4 heterocycles. The largest absolute Gasteiger partial charge is 0.373 e. The lowest BCUT2D eigenvalue weighted by Gasteiger charge is -2.22. The summed E-state index contributed by atoms with van der Waals surface area (Å²) in [5.74, 6) is 0.866. The number of amides is 1. The average Bonchev–Trinajstić information content (AvgIpc) is 3.26. The molecule has 3 aromatic heterocycles. The zero-order valence-corrected chi connectivity index (χ0v) is 14.9. The van der Waals surface area contributed by atoms with Crippen LogP contribution in [0, 0.1) is 0 Å². The van der Waals surface area contributed by atoms with Gasteiger partial charge in [0, 0.05) is 24.8 Å². The lowest BCUT2D eigenvalue weighted by Crippen LogP contribution is -2.40. The maximum Gasteiger partial charge on any atom is 0.295 e. The Balaban J connectivity index is 1.59. The predicted molar refractivity (Wildman–Crippen MR) is 95.7 cm³/mol. The fourth-order valence-corrected chi connectivity index (χ4v) is 3.52. The first-order chi connectivity index (χ1) is 12.6. The number of aromatic nitrogens is 3. The number of nitrogens with one attached hydrogen (secondary N) is 3. The van der Waals surface area contributed by atoms with Crippen molar-refractivity contribution in [2.75, 3.05) is 13.2 Å². The van der Waals surface area contributed by atoms with Crippen LogP contribution < -0.4 is 14.7 Å². The monoisotopic (exact) mass is 352 g/mol. The van der Waals surface area contributed by atoms with Gasteiger partial charge in [-0.05, 0) is 38.0 Å². The van der Waals surface area contributed by atoms with E-state index in [0.717, 1.165) is 36.4 Å². The molecule has 6 nitrogen and oxygen atoms in total. The molecule has 0 aliphatic carbocycles. The van der Waals surface area contributed by atoms with Crippen LogP contribution in [-0.2, 0) is 11.2 Å². The zero-order valence-electron chi connectivity index (χ0n) is 14.9. The van der Waals surface area contributed by atoms with Crippen LogP contribution in [0.3, 0.4) is 0 Å². The van der Waals surface area contributed by atoms with E-state index in [1.165, 1.54) is 0 Å². The van der Waals surface area contributed by atoms with Crippen LogP contribution >= 0.6 is 0 Å². The van der Waals surface area contributed by atoms with Gasteiger partial charge in [-0.3, -0.25) is 4.79 Å². The lowest BCUT2D eigenvalue weighted by atomic mass is 10.0. The standard InChI is InChI=1S/C20H22N4O2/c1-20(8-5-11-26-20)14-22-19(25)18-16-7-2-3-10-24(16)17(23-18)12-15-6-4-9-21-13-15/h2-4,6-7,9-10,13H,5,8,11-12,14H2,1H3,(H,22,25)/p+2. The Bertz CT molecular complexity index is 914. The number of carbonyl (C=O) groups excluding carboxylic acids is 1. The molecule has 0 spiro atoms. The number of H-pyrrole nitrogens is 2. The van der Waals surface area contributed by atoms with E-state index in [4.69, 9.17) is 4.74 Å². The summed E-state index contributed by atoms with van der Waals surface area (Å²) in [4.78, 5) is 19.2. The van der Waals surface area contributed by atoms with E-state index in [2.05, 4.69) is 28.3 Å². The molecule has 1 unspecified atom stereocenters. The third-order valence-corrected chi connectivity index (χ3v) is 4.97. The van der Waals surface area contributed by atoms with Crippen LogP contribution in [0.25, 0.3) is 5.52 Å². The Morgan fingerprint density at radius 1 is 1.38 bits per heavy atom. The van der Waals surface area contributed by atoms with Crippen molar-refractivity contribution in [2.45, 2.75) is 31.8 Å². The Hall–Kier alpha value is -2.73. The number of pyridine rings is 2. The second-order valence-electron chi connectivity index (χ2n) is 7.08. The molecular weight excluding hydrogens is 328 g/mol. The van der Waals surface area contributed by atoms with Crippen molar-refractivity contribution in [3.8, 4) is 0 Å². The Kier molecular flexibility index (Phi) is 4.42. The van der Waals surface area contributed by atoms with Gasteiger partial charge in [-0.1, -0.05) is 6.07 Å². The average molecular weight is 352 g/mol. The van der Waals surface area contributed by atoms with Crippen molar-refractivity contribution in [3.05, 3.63) is 66.0 Å². The lowest BCUT2D eigenvalue weighted by molar-refractivity contribution is -0.520. The zero-order chi connectivity index (χ0) is 18.0. The number of carbonyl (C=O) groups is 1. The topological polar surface area (TPSA) is 72.4 Å². The highest BCUT2D eigenvalue weighted by Crippen LogP contribution is 2.24. The maximum absolute atomic E-state index is 12.8. The van der Waals surface area contributed by atoms with Gasteiger partial charge in [0.25, 0.3) is 11.7 Å². The van der Waals surface area contributed by atoms with Crippen LogP contribution in [0.2, 0.25) is 0 Å². The van der Waals surface area contributed by atoms with Crippen LogP contribution in [-0.4, -0.2) is 29.6 Å². The van der Waals surface area contributed by atoms with Crippen molar-refractivity contribution < 1.29 is 18.9 Å². The third-order valence-electron chi connectivity index (χ3n) is 4.97. The van der Waals surface area contributed by atoms with Crippen molar-refractivity contribution >= 4 is 11.4 Å². The molecule has 134 valence electrons. The normalized spacial score (nSPS) is 19.7. The first kappa shape index (κ1) is 16.7. The summed E-state index contributed by atoms with van der Waals surface area (Å²) in [6.07, 6.45) is 8.56. The molecule has 1 aliphatic rings. The van der Waals surface area contributed by atoms with Gasteiger partial charge in [-0.2, -0.15) is 4.40 Å². The minimum absolute atomic E-state index is 0.101. The molecule has 26 heavy (non-hydrogen) atoms. The quantitative estimate of drug-likeness (QED) is 0.683. The molecule has 0 aromatic carbocycles. The van der Waals surface area contributed by atoms with Crippen LogP contribution in [0.4, 0.5) is 0 Å². The number of hydrogen-bond acceptors (Lipinski definition) is 2. The number of nitrogens with zero attached hydrogens (tertiary/aromatic N) is 1. The molecule has 1 fully saturated rings. The molecule has 4 rings (SSSR count). The number of aromatic amines is 2. The summed E-state index contributed by atoms with van der Waals surface area (Å²) in [5, 5.41) is 3.04. The number of ether oxygens (including phenoxy) is 1. The molecule has 1 saturated heterocycles. The van der Waals surface area contributed by atoms with Crippen LogP contribution in [0.5, 0.6) is 0 Å². The summed E-state index contributed by atoms with van der Waals surface area (Å²) in [6, 6.07) is 9.91. The SMILES string of the molecule is CC1(CNC(=O)c2[nH]c(Cc3ccc[nH+]c3)[n+]3ccccc23)CCCO1. The van der Waals surface area contributed by atoms with Gasteiger partial charge in [0.1, 0.15) is 0 Å². The number of hydrogen-bond donors (Lipinski definition) is 2. The molecule has 6 heteroatoms. The van der Waals surface area contributed by atoms with Gasteiger partial charge < -0.3 is 10.1 Å². The number of imidazole rings is 1. The van der Waals surface area contributed by atoms with Crippen LogP contribution in [0.1, 0.15) is 41.6 Å². The summed E-state index contributed by atoms with van der Waals surface area (Å²) in [7, 11) is 0. The second kappa shape index (κ2) is 6.88. The van der Waals surface area contributed by atoms with Gasteiger partial charge in [-0.15, -0.1) is 0 Å². The van der Waals surface area contributed by atoms with Gasteiger partial charge in [0.05, 0.1) is 18.2 Å². The number of rotatable bonds is 5. The van der Waals surface area contributed by atoms with E-state index in [1.54, 1.807) is 0 Å². The van der Waals surface area contributed by atoms with Gasteiger partial charge >= 0.3 is 0 Å². The summed E-state index contributed by atoms with van der Waals surface area (Å²) in [6.45, 7) is 3.35. The second-order valence-corrected chi connectivity index (χ2v) is 7.08. The molecule has 1 amide bonds. The fourth-order valence-electron chi connectivity index (χ4n) is 3.52. The van der Waals surface area contributed by atoms with E-state index in [0.29, 0.717) is 18.7 Å². The summed E-state index contributed by atoms with van der Waals surface area (Å²) >= 11 is 0. The molecule has 1 aliphatic heterocycles. The van der Waals surface area contributed by atoms with Crippen molar-refractivity contribution in [3.63, 3.8) is 0 Å². The molecule has 0 radical (unpaired) electrons. The van der Waals surface area contributed by atoms with Gasteiger partial charge in [0.15, 0.2) is 17.9 Å². The van der Waals surface area contributed by atoms with E-state index in [9.17, 15) is 4.79 Å². The Morgan fingerprint density at radius 2 is 2.31 bits per heavy atom. The van der Waals surface area contributed by atoms with Gasteiger partial charge in [-0.25, -0.2) is 9.97 Å². The van der Waals surface area contributed by atoms with Crippen molar-refractivity contribution in [1.29, 1.82) is 0 Å². The molecule has 1 atom stereocenters. The van der Waals surface area contributed by atoms with E-state index in [-0.39, 0.29) is 11.5 Å². The predicted octanol–water partition coefficient (Wildman–Crippen LogP) is 1.46. The highest BCUT2D eigenvalue weighted by Gasteiger charge is 2.31. The minimum Gasteiger partial charge on any atom is -0.373 e. The highest BCUT2D eigenvalue weighted by atomic mass is 16.5. The molecule has 3 N–H and O–H groups in total. The maximum atomic E-state index is 12.8. The molecular formula is C20H24N4O2+2. The first-order valence-electron chi connectivity index (χ1n) is 9.03. The Labute approximate surface area is 152 Å². The van der Waals surface area contributed by atoms with Crippen molar-refractivity contribution in [1.82, 2.24) is 10.3 Å². The van der Waals surface area contributed by atoms with Crippen molar-refractivity contribution in [2.24, 2.45) is 0 Å². The van der Waals surface area contributed by atoms with Crippen LogP contribution in [0.15, 0.2) is 48.9 Å². The minimum atomic E-state index is -0.256. The Morgan fingerprint density at radius 3 is 3.08 bits per heavy atom. The molecule has 0 saturated carbocycles.